The van der Waals surface area contributed by atoms with Crippen LogP contribution >= 0.6 is 0 Å². The maximum absolute atomic E-state index is 14.8. The van der Waals surface area contributed by atoms with Gasteiger partial charge in [-0.25, -0.2) is 0 Å². The van der Waals surface area contributed by atoms with Crippen LogP contribution in [-0.4, -0.2) is 18.7 Å². The molecule has 0 aromatic heterocycles. The molecule has 1 aliphatic rings. The van der Waals surface area contributed by atoms with E-state index in [1.807, 2.05) is 0 Å². The van der Waals surface area contributed by atoms with Gasteiger partial charge in [-0.2, -0.15) is 8.78 Å². The lowest BCUT2D eigenvalue weighted by Gasteiger charge is -2.13. The summed E-state index contributed by atoms with van der Waals surface area (Å²) in [5, 5.41) is 2.42. The number of ketones is 1. The summed E-state index contributed by atoms with van der Waals surface area (Å²) in [7, 11) is 1.45. The predicted molar refractivity (Wildman–Crippen MR) is 82.9 cm³/mol. The second kappa shape index (κ2) is 5.26. The Bertz CT molecular complexity index is 760. The summed E-state index contributed by atoms with van der Waals surface area (Å²) in [5.41, 5.74) is 0.888. The third-order valence-electron chi connectivity index (χ3n) is 4.14. The minimum atomic E-state index is -3.22. The van der Waals surface area contributed by atoms with Crippen LogP contribution < -0.4 is 5.32 Å². The number of fused-ring (bicyclic) bond motifs is 3. The molecule has 0 saturated heterocycles. The molecule has 0 radical (unpaired) electrons. The number of nitrogens with one attached hydrogen (secondary N) is 1. The molecule has 1 amide bonds. The molecular formula is C18H15F2NO2. The predicted octanol–water partition coefficient (Wildman–Crippen LogP) is 3.76. The van der Waals surface area contributed by atoms with Gasteiger partial charge in [0.05, 0.1) is 0 Å². The van der Waals surface area contributed by atoms with Crippen molar-refractivity contribution in [3.05, 3.63) is 58.7 Å². The van der Waals surface area contributed by atoms with E-state index in [2.05, 4.69) is 5.32 Å². The van der Waals surface area contributed by atoms with Gasteiger partial charge in [-0.05, 0) is 29.3 Å². The van der Waals surface area contributed by atoms with Crippen molar-refractivity contribution < 1.29 is 18.4 Å². The first-order valence-corrected chi connectivity index (χ1v) is 7.32. The standard InChI is InChI=1S/C18H15F2NO2/c1-3-16(22)10-4-6-12-13-7-5-11(17(23)21-2)9-15(13)18(19,20)14(12)8-10/h4-9H,3H2,1-2H3,(H,21,23). The van der Waals surface area contributed by atoms with Crippen molar-refractivity contribution in [2.24, 2.45) is 0 Å². The van der Waals surface area contributed by atoms with Gasteiger partial charge in [-0.3, -0.25) is 9.59 Å². The Morgan fingerprint density at radius 3 is 2.04 bits per heavy atom. The Morgan fingerprint density at radius 2 is 1.52 bits per heavy atom. The first-order chi connectivity index (χ1) is 10.9. The average Bonchev–Trinajstić information content (AvgIpc) is 2.80. The minimum Gasteiger partial charge on any atom is -0.355 e. The van der Waals surface area contributed by atoms with Gasteiger partial charge < -0.3 is 5.32 Å². The molecule has 23 heavy (non-hydrogen) atoms. The Hall–Kier alpha value is -2.56. The van der Waals surface area contributed by atoms with Crippen LogP contribution in [0.25, 0.3) is 11.1 Å². The maximum atomic E-state index is 14.8. The van der Waals surface area contributed by atoms with E-state index >= 15 is 0 Å². The van der Waals surface area contributed by atoms with Crippen LogP contribution in [0, 0.1) is 0 Å². The maximum Gasteiger partial charge on any atom is 0.299 e. The van der Waals surface area contributed by atoms with Crippen molar-refractivity contribution >= 4 is 11.7 Å². The van der Waals surface area contributed by atoms with Gasteiger partial charge in [0.15, 0.2) is 5.78 Å². The molecule has 118 valence electrons. The lowest BCUT2D eigenvalue weighted by Crippen LogP contribution is -2.19. The number of alkyl halides is 2. The second-order valence-electron chi connectivity index (χ2n) is 5.45. The van der Waals surface area contributed by atoms with Crippen molar-refractivity contribution in [3.63, 3.8) is 0 Å². The highest BCUT2D eigenvalue weighted by atomic mass is 19.3. The van der Waals surface area contributed by atoms with Crippen LogP contribution in [0.1, 0.15) is 45.2 Å². The lowest BCUT2D eigenvalue weighted by molar-refractivity contribution is 0.0479. The fraction of sp³-hybridized carbons (Fsp3) is 0.222. The largest absolute Gasteiger partial charge is 0.355 e. The van der Waals surface area contributed by atoms with Gasteiger partial charge >= 0.3 is 0 Å². The molecule has 0 heterocycles. The van der Waals surface area contributed by atoms with Gasteiger partial charge in [-0.15, -0.1) is 0 Å². The number of carbonyl (C=O) groups excluding carboxylic acids is 2. The Balaban J connectivity index is 2.17. The first-order valence-electron chi connectivity index (χ1n) is 7.32. The molecule has 0 fully saturated rings. The van der Waals surface area contributed by atoms with Crippen LogP contribution in [0.3, 0.4) is 0 Å². The number of rotatable bonds is 3. The van der Waals surface area contributed by atoms with E-state index in [-0.39, 0.29) is 34.5 Å². The van der Waals surface area contributed by atoms with Crippen LogP contribution in [-0.2, 0) is 5.92 Å². The van der Waals surface area contributed by atoms with Crippen LogP contribution in [0.4, 0.5) is 8.78 Å². The van der Waals surface area contributed by atoms with E-state index in [9.17, 15) is 18.4 Å². The third kappa shape index (κ3) is 2.23. The Labute approximate surface area is 132 Å². The fourth-order valence-corrected chi connectivity index (χ4v) is 2.89. The number of hydrogen-bond acceptors (Lipinski definition) is 2. The highest BCUT2D eigenvalue weighted by Gasteiger charge is 2.44. The van der Waals surface area contributed by atoms with Gasteiger partial charge in [0.2, 0.25) is 0 Å². The van der Waals surface area contributed by atoms with Crippen molar-refractivity contribution in [2.45, 2.75) is 19.3 Å². The van der Waals surface area contributed by atoms with E-state index in [4.69, 9.17) is 0 Å². The molecule has 0 saturated carbocycles. The monoisotopic (exact) mass is 315 g/mol. The lowest BCUT2D eigenvalue weighted by atomic mass is 10.00. The minimum absolute atomic E-state index is 0.175. The van der Waals surface area contributed by atoms with Crippen LogP contribution in [0.5, 0.6) is 0 Å². The van der Waals surface area contributed by atoms with Crippen LogP contribution in [0.2, 0.25) is 0 Å². The SMILES string of the molecule is CCC(=O)c1ccc2c(c1)C(F)(F)c1cc(C(=O)NC)ccc1-2. The molecular weight excluding hydrogens is 300 g/mol. The highest BCUT2D eigenvalue weighted by molar-refractivity contribution is 5.98. The molecule has 0 unspecified atom stereocenters. The fourth-order valence-electron chi connectivity index (χ4n) is 2.89. The van der Waals surface area contributed by atoms with Crippen molar-refractivity contribution in [2.75, 3.05) is 7.05 Å². The zero-order chi connectivity index (χ0) is 16.8. The molecule has 1 aliphatic carbocycles. The van der Waals surface area contributed by atoms with E-state index in [0.29, 0.717) is 11.1 Å². The molecule has 0 spiro atoms. The Kier molecular flexibility index (Phi) is 3.51. The summed E-state index contributed by atoms with van der Waals surface area (Å²) >= 11 is 0. The van der Waals surface area contributed by atoms with Gasteiger partial charge in [0.1, 0.15) is 0 Å². The molecule has 2 aromatic carbocycles. The van der Waals surface area contributed by atoms with Crippen molar-refractivity contribution in [1.82, 2.24) is 5.32 Å². The molecule has 3 nitrogen and oxygen atoms in total. The first kappa shape index (κ1) is 15.3. The summed E-state index contributed by atoms with van der Waals surface area (Å²) in [6.07, 6.45) is 0.262. The van der Waals surface area contributed by atoms with Gasteiger partial charge in [0, 0.05) is 35.7 Å². The van der Waals surface area contributed by atoms with E-state index in [1.54, 1.807) is 19.1 Å². The summed E-state index contributed by atoms with van der Waals surface area (Å²) in [6.45, 7) is 1.69. The Morgan fingerprint density at radius 1 is 1.00 bits per heavy atom. The number of Topliss-reactive ketones (excluding diaryl/α,β-unsaturated/α-hetero) is 1. The third-order valence-corrected chi connectivity index (χ3v) is 4.14. The van der Waals surface area contributed by atoms with E-state index < -0.39 is 11.8 Å². The molecule has 5 heteroatoms. The highest BCUT2D eigenvalue weighted by Crippen LogP contribution is 2.51. The zero-order valence-electron chi connectivity index (χ0n) is 12.7. The summed E-state index contributed by atoms with van der Waals surface area (Å²) in [5.74, 6) is -3.81. The topological polar surface area (TPSA) is 46.2 Å². The second-order valence-corrected chi connectivity index (χ2v) is 5.45. The van der Waals surface area contributed by atoms with E-state index in [0.717, 1.165) is 0 Å². The number of amides is 1. The van der Waals surface area contributed by atoms with Crippen LogP contribution in [0.15, 0.2) is 36.4 Å². The van der Waals surface area contributed by atoms with Crippen molar-refractivity contribution in [1.29, 1.82) is 0 Å². The zero-order valence-corrected chi connectivity index (χ0v) is 12.7. The average molecular weight is 315 g/mol. The summed E-state index contributed by atoms with van der Waals surface area (Å²) in [4.78, 5) is 23.5. The smallest absolute Gasteiger partial charge is 0.299 e. The summed E-state index contributed by atoms with van der Waals surface area (Å²) < 4.78 is 29.6. The molecule has 2 aromatic rings. The van der Waals surface area contributed by atoms with Gasteiger partial charge in [-0.1, -0.05) is 25.1 Å². The number of hydrogen-bond donors (Lipinski definition) is 1. The normalized spacial score (nSPS) is 14.1. The van der Waals surface area contributed by atoms with Gasteiger partial charge in [0.25, 0.3) is 11.8 Å². The van der Waals surface area contributed by atoms with Crippen molar-refractivity contribution in [3.8, 4) is 11.1 Å². The quantitative estimate of drug-likeness (QED) is 0.877. The molecule has 0 atom stereocenters. The number of benzene rings is 2. The molecule has 1 N–H and O–H groups in total. The number of halogens is 2. The van der Waals surface area contributed by atoms with E-state index in [1.165, 1.54) is 31.3 Å². The number of carbonyl (C=O) groups is 2. The molecule has 0 aliphatic heterocycles. The molecule has 3 rings (SSSR count). The summed E-state index contributed by atoms with van der Waals surface area (Å²) in [6, 6.07) is 8.66. The molecule has 0 bridgehead atoms.